The number of phenolic OH excluding ortho intramolecular Hbond substituents is 1. The standard InChI is InChI=1S/C30H37F5O6S.C26H35F5O3S.C4H2O3/c1-28-13-11-22-21-6-5-20(41-26(39)10-9-25(37)38)17-19(21)16-18(27(22)23(28)7-8-24(28)36)4-2-14-42(40)15-3-12-29(31,32)30(33,34)35;1-24-11-9-20-19-6-5-18(32)15-17(19)14-16(23(20)21(24)7-8-22(24)33)4-2-12-35(34)13-3-10-25(27,28)26(29,30)31;5-3-1-2-4(6)7-3/h5-6,9-10,17-18,22-24,27,36H,2-4,7-8,11-16H2,1H3,(H,37,38);5-6,15-16,20-23,32-33H,2-4,7-14H2,1H3;1-2H/b10-9+;;/t18-,22-,23+,24+,27-,28+,42?;16-,20-,21+,22+,23-,24+,35?;/m11./s1. The van der Waals surface area contributed by atoms with Crippen molar-refractivity contribution in [2.24, 2.45) is 46.3 Å². The number of aromatic hydroxyl groups is 1. The first-order valence-electron chi connectivity index (χ1n) is 28.7. The topological polar surface area (TPSA) is 202 Å². The first kappa shape index (κ1) is 66.8. The van der Waals surface area contributed by atoms with E-state index < -0.39 is 95.4 Å². The van der Waals surface area contributed by atoms with Crippen LogP contribution in [-0.4, -0.2) is 112 Å². The van der Waals surface area contributed by atoms with E-state index in [2.05, 4.69) is 18.6 Å². The number of hydrogen-bond acceptors (Lipinski definition) is 11. The number of carbonyl (C=O) groups excluding carboxylic acids is 3. The minimum Gasteiger partial charge on any atom is -0.508 e. The summed E-state index contributed by atoms with van der Waals surface area (Å²) in [7, 11) is -2.97. The highest BCUT2D eigenvalue weighted by molar-refractivity contribution is 7.85. The van der Waals surface area contributed by atoms with Crippen molar-refractivity contribution < 1.29 is 101 Å². The van der Waals surface area contributed by atoms with Crippen LogP contribution in [0.5, 0.6) is 11.5 Å². The molecule has 0 saturated heterocycles. The molecule has 14 atom stereocenters. The fraction of sp³-hybridized carbons (Fsp3) is 0.667. The van der Waals surface area contributed by atoms with Crippen LogP contribution in [0, 0.1) is 46.3 Å². The number of aliphatic carboxylic acids is 1. The number of hydrogen-bond donors (Lipinski definition) is 4. The van der Waals surface area contributed by atoms with E-state index in [-0.39, 0.29) is 81.4 Å². The summed E-state index contributed by atoms with van der Waals surface area (Å²) in [5.74, 6) is -9.82. The zero-order valence-corrected chi connectivity index (χ0v) is 48.4. The maximum atomic E-state index is 13.2. The number of rotatable bonds is 19. The molecular formula is C60H74F10O12S2. The first-order valence-corrected chi connectivity index (χ1v) is 31.7. The molecule has 0 aromatic heterocycles. The molecule has 12 nitrogen and oxygen atoms in total. The van der Waals surface area contributed by atoms with Crippen molar-refractivity contribution in [1.29, 1.82) is 0 Å². The number of aliphatic hydroxyl groups excluding tert-OH is 2. The summed E-state index contributed by atoms with van der Waals surface area (Å²) in [6.45, 7) is 4.35. The summed E-state index contributed by atoms with van der Waals surface area (Å²) in [5.41, 5.74) is 4.27. The van der Waals surface area contributed by atoms with Gasteiger partial charge in [0.05, 0.1) is 12.2 Å². The van der Waals surface area contributed by atoms with Crippen molar-refractivity contribution in [2.45, 2.75) is 178 Å². The van der Waals surface area contributed by atoms with Crippen molar-refractivity contribution in [3.63, 3.8) is 0 Å². The van der Waals surface area contributed by atoms with Gasteiger partial charge in [0.1, 0.15) is 11.5 Å². The van der Waals surface area contributed by atoms with Gasteiger partial charge in [0.2, 0.25) is 0 Å². The highest BCUT2D eigenvalue weighted by Gasteiger charge is 2.60. The number of aliphatic hydroxyl groups is 2. The molecule has 0 radical (unpaired) electrons. The molecule has 0 bridgehead atoms. The molecule has 84 heavy (non-hydrogen) atoms. The van der Waals surface area contributed by atoms with E-state index in [1.807, 2.05) is 18.2 Å². The van der Waals surface area contributed by atoms with Crippen molar-refractivity contribution in [3.8, 4) is 11.5 Å². The Hall–Kier alpha value is -4.68. The zero-order chi connectivity index (χ0) is 61.7. The molecule has 1 heterocycles. The lowest BCUT2D eigenvalue weighted by Crippen LogP contribution is -2.47. The number of ether oxygens (including phenoxy) is 2. The van der Waals surface area contributed by atoms with Crippen LogP contribution >= 0.6 is 0 Å². The van der Waals surface area contributed by atoms with Gasteiger partial charge in [-0.25, -0.2) is 19.2 Å². The number of benzene rings is 2. The molecular weight excluding hydrogens is 1170 g/mol. The summed E-state index contributed by atoms with van der Waals surface area (Å²) in [6, 6.07) is 11.0. The second kappa shape index (κ2) is 27.2. The maximum Gasteiger partial charge on any atom is 0.453 e. The highest BCUT2D eigenvalue weighted by atomic mass is 32.2. The Bertz CT molecular complexity index is 2790. The van der Waals surface area contributed by atoms with Crippen LogP contribution in [0.4, 0.5) is 43.9 Å². The molecule has 0 spiro atoms. The number of alkyl halides is 10. The van der Waals surface area contributed by atoms with Crippen LogP contribution in [0.15, 0.2) is 60.7 Å². The van der Waals surface area contributed by atoms with Gasteiger partial charge in [0.25, 0.3) is 0 Å². The quantitative estimate of drug-likeness (QED) is 0.0341. The van der Waals surface area contributed by atoms with Gasteiger partial charge in [-0.3, -0.25) is 8.42 Å². The predicted molar refractivity (Wildman–Crippen MR) is 291 cm³/mol. The number of halogens is 10. The third-order valence-electron chi connectivity index (χ3n) is 19.2. The molecule has 2 unspecified atom stereocenters. The van der Waals surface area contributed by atoms with Crippen LogP contribution in [0.25, 0.3) is 0 Å². The second-order valence-corrected chi connectivity index (χ2v) is 27.7. The van der Waals surface area contributed by atoms with E-state index in [1.54, 1.807) is 18.2 Å². The van der Waals surface area contributed by atoms with Gasteiger partial charge in [-0.2, -0.15) is 43.9 Å². The lowest BCUT2D eigenvalue weighted by Gasteiger charge is -2.53. The van der Waals surface area contributed by atoms with Crippen molar-refractivity contribution in [3.05, 3.63) is 83.0 Å². The van der Waals surface area contributed by atoms with Crippen LogP contribution in [0.3, 0.4) is 0 Å². The summed E-state index contributed by atoms with van der Waals surface area (Å²) >= 11 is 0. The first-order chi connectivity index (χ1) is 39.2. The molecule has 9 rings (SSSR count). The Kier molecular flexibility index (Phi) is 21.6. The number of carboxylic acids is 1. The Balaban J connectivity index is 0.000000218. The molecule has 7 aliphatic rings. The highest BCUT2D eigenvalue weighted by Crippen LogP contribution is 2.64. The molecule has 6 aliphatic carbocycles. The molecule has 468 valence electrons. The van der Waals surface area contributed by atoms with Gasteiger partial charge in [0.15, 0.2) is 0 Å². The zero-order valence-electron chi connectivity index (χ0n) is 46.8. The normalized spacial score (nSPS) is 30.5. The van der Waals surface area contributed by atoms with E-state index in [1.165, 1.54) is 5.56 Å². The summed E-state index contributed by atoms with van der Waals surface area (Å²) in [5, 5.41) is 40.3. The third kappa shape index (κ3) is 15.7. The van der Waals surface area contributed by atoms with Crippen molar-refractivity contribution in [2.75, 3.05) is 23.0 Å². The van der Waals surface area contributed by atoms with E-state index >= 15 is 0 Å². The van der Waals surface area contributed by atoms with E-state index in [0.29, 0.717) is 55.3 Å². The van der Waals surface area contributed by atoms with Gasteiger partial charge in [-0.1, -0.05) is 26.0 Å². The number of cyclic esters (lactones) is 2. The number of fused-ring (bicyclic) bond motifs is 10. The molecule has 4 fully saturated rings. The predicted octanol–water partition coefficient (Wildman–Crippen LogP) is 12.2. The minimum atomic E-state index is -5.61. The fourth-order valence-electron chi connectivity index (χ4n) is 15.1. The van der Waals surface area contributed by atoms with Crippen LogP contribution in [0.2, 0.25) is 0 Å². The summed E-state index contributed by atoms with van der Waals surface area (Å²) < 4.78 is 161. The number of phenols is 1. The Labute approximate surface area is 486 Å². The van der Waals surface area contributed by atoms with E-state index in [4.69, 9.17) is 9.84 Å². The lowest BCUT2D eigenvalue weighted by molar-refractivity contribution is -0.284. The molecule has 4 N–H and O–H groups in total. The average molecular weight is 1240 g/mol. The van der Waals surface area contributed by atoms with E-state index in [0.717, 1.165) is 99.1 Å². The van der Waals surface area contributed by atoms with Crippen LogP contribution < -0.4 is 4.74 Å². The fourth-order valence-corrected chi connectivity index (χ4v) is 17.4. The minimum absolute atomic E-state index is 0.111. The van der Waals surface area contributed by atoms with Crippen molar-refractivity contribution >= 4 is 45.5 Å². The van der Waals surface area contributed by atoms with Crippen LogP contribution in [0.1, 0.15) is 151 Å². The van der Waals surface area contributed by atoms with Gasteiger partial charge < -0.3 is 29.9 Å². The third-order valence-corrected chi connectivity index (χ3v) is 22.2. The maximum absolute atomic E-state index is 13.2. The molecule has 2 aromatic carbocycles. The Morgan fingerprint density at radius 2 is 1.06 bits per heavy atom. The lowest BCUT2D eigenvalue weighted by atomic mass is 9.52. The van der Waals surface area contributed by atoms with Crippen LogP contribution in [-0.2, 0) is 58.4 Å². The summed E-state index contributed by atoms with van der Waals surface area (Å²) in [4.78, 5) is 42.6. The summed E-state index contributed by atoms with van der Waals surface area (Å²) in [6.07, 6.45) is -0.698. The van der Waals surface area contributed by atoms with E-state index in [9.17, 15) is 86.8 Å². The van der Waals surface area contributed by atoms with Crippen molar-refractivity contribution in [1.82, 2.24) is 0 Å². The molecule has 0 amide bonds. The molecule has 2 aromatic rings. The van der Waals surface area contributed by atoms with Gasteiger partial charge in [0, 0.05) is 81.8 Å². The van der Waals surface area contributed by atoms with Gasteiger partial charge in [-0.05, 0) is 207 Å². The number of carbonyl (C=O) groups is 4. The average Bonchev–Trinajstić information content (AvgIpc) is 1.45. The second-order valence-electron chi connectivity index (χ2n) is 24.3. The Morgan fingerprint density at radius 1 is 0.631 bits per heavy atom. The number of esters is 3. The largest absolute Gasteiger partial charge is 0.508 e. The molecule has 4 saturated carbocycles. The monoisotopic (exact) mass is 1240 g/mol. The van der Waals surface area contributed by atoms with Gasteiger partial charge in [-0.15, -0.1) is 0 Å². The SMILES string of the molecule is C[C@]12CC[C@@H]3c4ccc(O)cc4C[C@@H](CCCS(=O)CCCC(F)(F)C(F)(F)F)[C@H]3[C@@H]1CC[C@@H]2O.C[C@]12CC[C@@H]3c4ccc(OC(=O)/C=C/C(=O)O)cc4C[C@@H](CCCS(=O)CCCC(F)(F)C(F)(F)F)[C@H]3[C@@H]1CC[C@@H]2O.O=C1C=CC(=O)O1. The molecule has 1 aliphatic heterocycles. The Morgan fingerprint density at radius 3 is 1.48 bits per heavy atom. The molecule has 24 heteroatoms. The smallest absolute Gasteiger partial charge is 0.453 e. The number of carboxylic acid groups (broad SMARTS) is 1. The van der Waals surface area contributed by atoms with Gasteiger partial charge >= 0.3 is 48.1 Å².